The van der Waals surface area contributed by atoms with Gasteiger partial charge in [-0.05, 0) is 30.2 Å². The van der Waals surface area contributed by atoms with Gasteiger partial charge in [-0.25, -0.2) is 4.39 Å². The van der Waals surface area contributed by atoms with Gasteiger partial charge in [0.15, 0.2) is 17.3 Å². The van der Waals surface area contributed by atoms with Crippen molar-refractivity contribution in [2.45, 2.75) is 12.8 Å². The van der Waals surface area contributed by atoms with Crippen LogP contribution >= 0.6 is 0 Å². The van der Waals surface area contributed by atoms with E-state index in [-0.39, 0.29) is 11.5 Å². The first-order valence-electron chi connectivity index (χ1n) is 5.94. The third-order valence-corrected chi connectivity index (χ3v) is 2.87. The number of methoxy groups -OCH3 is 1. The molecule has 0 amide bonds. The second-order valence-corrected chi connectivity index (χ2v) is 4.29. The lowest BCUT2D eigenvalue weighted by Crippen LogP contribution is -2.02. The molecule has 0 bridgehead atoms. The molecule has 4 nitrogen and oxygen atoms in total. The van der Waals surface area contributed by atoms with E-state index < -0.39 is 5.82 Å². The molecule has 0 spiro atoms. The van der Waals surface area contributed by atoms with Crippen LogP contribution in [0.1, 0.15) is 22.3 Å². The molecule has 0 saturated heterocycles. The molecule has 1 aromatic carbocycles. The summed E-state index contributed by atoms with van der Waals surface area (Å²) in [6.45, 7) is 0. The third-order valence-electron chi connectivity index (χ3n) is 2.87. The molecule has 0 atom stereocenters. The highest BCUT2D eigenvalue weighted by Gasteiger charge is 2.10. The Morgan fingerprint density at radius 1 is 1.47 bits per heavy atom. The number of aromatic nitrogens is 2. The molecule has 0 aliphatic carbocycles. The smallest absolute Gasteiger partial charge is 0.165 e. The zero-order valence-electron chi connectivity index (χ0n) is 10.9. The summed E-state index contributed by atoms with van der Waals surface area (Å²) in [6, 6.07) is 4.15. The summed E-state index contributed by atoms with van der Waals surface area (Å²) >= 11 is 0. The van der Waals surface area contributed by atoms with E-state index in [9.17, 15) is 9.18 Å². The molecule has 1 heterocycles. The summed E-state index contributed by atoms with van der Waals surface area (Å²) in [7, 11) is 3.21. The Kier molecular flexibility index (Phi) is 3.94. The molecule has 1 aromatic heterocycles. The van der Waals surface area contributed by atoms with Gasteiger partial charge >= 0.3 is 0 Å². The monoisotopic (exact) mass is 262 g/mol. The van der Waals surface area contributed by atoms with Crippen molar-refractivity contribution < 1.29 is 13.9 Å². The topological polar surface area (TPSA) is 44.1 Å². The van der Waals surface area contributed by atoms with Crippen LogP contribution in [0.5, 0.6) is 5.75 Å². The molecule has 0 aliphatic rings. The van der Waals surface area contributed by atoms with E-state index in [2.05, 4.69) is 5.10 Å². The standard InChI is InChI=1S/C14H15FN2O2/c1-17-9-10(8-16-17)3-6-13(18)11-4-5-12(15)14(7-11)19-2/h4-5,7-9H,3,6H2,1-2H3. The van der Waals surface area contributed by atoms with E-state index in [0.29, 0.717) is 18.4 Å². The number of halogens is 1. The second-order valence-electron chi connectivity index (χ2n) is 4.29. The number of nitrogens with zero attached hydrogens (tertiary/aromatic N) is 2. The van der Waals surface area contributed by atoms with Crippen molar-refractivity contribution in [3.05, 3.63) is 47.5 Å². The molecular formula is C14H15FN2O2. The molecule has 2 aromatic rings. The minimum atomic E-state index is -0.466. The van der Waals surface area contributed by atoms with Gasteiger partial charge in [-0.3, -0.25) is 9.48 Å². The van der Waals surface area contributed by atoms with Gasteiger partial charge in [-0.15, -0.1) is 0 Å². The number of ketones is 1. The summed E-state index contributed by atoms with van der Waals surface area (Å²) in [6.07, 6.45) is 4.59. The Bertz CT molecular complexity index is 593. The highest BCUT2D eigenvalue weighted by Crippen LogP contribution is 2.19. The fraction of sp³-hybridized carbons (Fsp3) is 0.286. The Labute approximate surface area is 110 Å². The van der Waals surface area contributed by atoms with Gasteiger partial charge in [0.05, 0.1) is 13.3 Å². The first-order chi connectivity index (χ1) is 9.10. The predicted octanol–water partition coefficient (Wildman–Crippen LogP) is 2.38. The second kappa shape index (κ2) is 5.65. The van der Waals surface area contributed by atoms with Crippen molar-refractivity contribution in [3.8, 4) is 5.75 Å². The molecule has 5 heteroatoms. The largest absolute Gasteiger partial charge is 0.494 e. The maximum absolute atomic E-state index is 13.2. The first-order valence-corrected chi connectivity index (χ1v) is 5.94. The molecule has 0 fully saturated rings. The SMILES string of the molecule is COc1cc(C(=O)CCc2cnn(C)c2)ccc1F. The number of ether oxygens (including phenoxy) is 1. The fourth-order valence-electron chi connectivity index (χ4n) is 1.84. The van der Waals surface area contributed by atoms with E-state index in [4.69, 9.17) is 4.74 Å². The number of benzene rings is 1. The molecule has 0 N–H and O–H groups in total. The zero-order valence-corrected chi connectivity index (χ0v) is 10.9. The number of hydrogen-bond acceptors (Lipinski definition) is 3. The molecule has 100 valence electrons. The third kappa shape index (κ3) is 3.19. The highest BCUT2D eigenvalue weighted by molar-refractivity contribution is 5.96. The van der Waals surface area contributed by atoms with E-state index >= 15 is 0 Å². The van der Waals surface area contributed by atoms with E-state index in [1.807, 2.05) is 13.2 Å². The van der Waals surface area contributed by atoms with Crippen molar-refractivity contribution in [2.24, 2.45) is 7.05 Å². The van der Waals surface area contributed by atoms with Crippen LogP contribution in [0.2, 0.25) is 0 Å². The van der Waals surface area contributed by atoms with Crippen LogP contribution in [0.15, 0.2) is 30.6 Å². The number of hydrogen-bond donors (Lipinski definition) is 0. The normalized spacial score (nSPS) is 10.5. The Morgan fingerprint density at radius 3 is 2.89 bits per heavy atom. The van der Waals surface area contributed by atoms with Gasteiger partial charge in [-0.1, -0.05) is 0 Å². The van der Waals surface area contributed by atoms with Crippen LogP contribution in [0.3, 0.4) is 0 Å². The molecule has 0 saturated carbocycles. The number of Topliss-reactive ketones (excluding diaryl/α,β-unsaturated/α-hetero) is 1. The predicted molar refractivity (Wildman–Crippen MR) is 68.8 cm³/mol. The van der Waals surface area contributed by atoms with Crippen LogP contribution in [-0.4, -0.2) is 22.7 Å². The Morgan fingerprint density at radius 2 is 2.26 bits per heavy atom. The van der Waals surface area contributed by atoms with Gasteiger partial charge in [0.1, 0.15) is 0 Å². The Hall–Kier alpha value is -2.17. The number of rotatable bonds is 5. The minimum Gasteiger partial charge on any atom is -0.494 e. The highest BCUT2D eigenvalue weighted by atomic mass is 19.1. The van der Waals surface area contributed by atoms with Gasteiger partial charge in [0.2, 0.25) is 0 Å². The molecule has 0 radical (unpaired) electrons. The number of aryl methyl sites for hydroxylation is 2. The lowest BCUT2D eigenvalue weighted by molar-refractivity contribution is 0.0982. The number of carbonyl (C=O) groups is 1. The molecule has 19 heavy (non-hydrogen) atoms. The average molecular weight is 262 g/mol. The zero-order chi connectivity index (χ0) is 13.8. The maximum Gasteiger partial charge on any atom is 0.165 e. The fourth-order valence-corrected chi connectivity index (χ4v) is 1.84. The molecule has 2 rings (SSSR count). The van der Waals surface area contributed by atoms with Gasteiger partial charge in [0, 0.05) is 25.2 Å². The van der Waals surface area contributed by atoms with Crippen molar-refractivity contribution >= 4 is 5.78 Å². The van der Waals surface area contributed by atoms with Crippen molar-refractivity contribution in [1.82, 2.24) is 9.78 Å². The van der Waals surface area contributed by atoms with E-state index in [1.54, 1.807) is 10.9 Å². The van der Waals surface area contributed by atoms with Crippen molar-refractivity contribution in [1.29, 1.82) is 0 Å². The molecular weight excluding hydrogens is 247 g/mol. The Balaban J connectivity index is 2.03. The summed E-state index contributed by atoms with van der Waals surface area (Å²) in [5.74, 6) is -0.416. The maximum atomic E-state index is 13.2. The summed E-state index contributed by atoms with van der Waals surface area (Å²) < 4.78 is 19.8. The quantitative estimate of drug-likeness (QED) is 0.777. The van der Waals surface area contributed by atoms with E-state index in [1.165, 1.54) is 25.3 Å². The summed E-state index contributed by atoms with van der Waals surface area (Å²) in [5.41, 5.74) is 1.46. The van der Waals surface area contributed by atoms with Crippen LogP contribution in [0.4, 0.5) is 4.39 Å². The van der Waals surface area contributed by atoms with E-state index in [0.717, 1.165) is 5.56 Å². The van der Waals surface area contributed by atoms with Crippen molar-refractivity contribution in [2.75, 3.05) is 7.11 Å². The first kappa shape index (κ1) is 13.3. The lowest BCUT2D eigenvalue weighted by atomic mass is 10.0. The lowest BCUT2D eigenvalue weighted by Gasteiger charge is -2.04. The van der Waals surface area contributed by atoms with Crippen molar-refractivity contribution in [3.63, 3.8) is 0 Å². The molecule has 0 aliphatic heterocycles. The van der Waals surface area contributed by atoms with Gasteiger partial charge < -0.3 is 4.74 Å². The average Bonchev–Trinajstić information content (AvgIpc) is 2.82. The minimum absolute atomic E-state index is 0.0397. The molecule has 0 unspecified atom stereocenters. The van der Waals surface area contributed by atoms with Crippen LogP contribution in [0.25, 0.3) is 0 Å². The van der Waals surface area contributed by atoms with Gasteiger partial charge in [0.25, 0.3) is 0 Å². The van der Waals surface area contributed by atoms with Gasteiger partial charge in [-0.2, -0.15) is 5.10 Å². The van der Waals surface area contributed by atoms with Crippen LogP contribution in [0, 0.1) is 5.82 Å². The van der Waals surface area contributed by atoms with Crippen LogP contribution < -0.4 is 4.74 Å². The van der Waals surface area contributed by atoms with Crippen LogP contribution in [-0.2, 0) is 13.5 Å². The number of carbonyl (C=O) groups excluding carboxylic acids is 1. The summed E-state index contributed by atoms with van der Waals surface area (Å²) in [4.78, 5) is 12.0. The summed E-state index contributed by atoms with van der Waals surface area (Å²) in [5, 5.41) is 4.04.